The Hall–Kier alpha value is -1.22. The highest BCUT2D eigenvalue weighted by Crippen LogP contribution is 2.49. The van der Waals surface area contributed by atoms with Crippen molar-refractivity contribution in [2.75, 3.05) is 0 Å². The largest absolute Gasteiger partial charge is 0.506 e. The maximum Gasteiger partial charge on any atom is 0.303 e. The standard InChI is InChI=1S/C13H15ClO3/c1-7-2-5-10(14)13(17)12(7)9(6-11(15)16)8-3-4-8/h2,5,8-9,17H,3-4,6H2,1H3,(H,15,16). The highest BCUT2D eigenvalue weighted by Gasteiger charge is 2.36. The summed E-state index contributed by atoms with van der Waals surface area (Å²) in [6.07, 6.45) is 2.12. The molecule has 1 aromatic rings. The zero-order valence-corrected chi connectivity index (χ0v) is 10.4. The minimum Gasteiger partial charge on any atom is -0.506 e. The van der Waals surface area contributed by atoms with E-state index < -0.39 is 5.97 Å². The van der Waals surface area contributed by atoms with Crippen molar-refractivity contribution in [3.05, 3.63) is 28.3 Å². The second kappa shape index (κ2) is 4.57. The number of aliphatic carboxylic acids is 1. The van der Waals surface area contributed by atoms with Crippen LogP contribution in [0.3, 0.4) is 0 Å². The molecule has 3 nitrogen and oxygen atoms in total. The molecule has 0 radical (unpaired) electrons. The number of aryl methyl sites for hydroxylation is 1. The van der Waals surface area contributed by atoms with Gasteiger partial charge in [0.2, 0.25) is 0 Å². The summed E-state index contributed by atoms with van der Waals surface area (Å²) in [5, 5.41) is 19.3. The number of phenols is 1. The fourth-order valence-corrected chi connectivity index (χ4v) is 2.51. The molecule has 1 unspecified atom stereocenters. The van der Waals surface area contributed by atoms with E-state index in [-0.39, 0.29) is 18.1 Å². The number of hydrogen-bond donors (Lipinski definition) is 2. The molecule has 0 saturated heterocycles. The van der Waals surface area contributed by atoms with Crippen molar-refractivity contribution >= 4 is 17.6 Å². The summed E-state index contributed by atoms with van der Waals surface area (Å²) in [4.78, 5) is 10.9. The first-order valence-electron chi connectivity index (χ1n) is 5.70. The van der Waals surface area contributed by atoms with Crippen LogP contribution in [-0.4, -0.2) is 16.2 Å². The molecule has 1 aliphatic carbocycles. The summed E-state index contributed by atoms with van der Waals surface area (Å²) in [6, 6.07) is 3.47. The SMILES string of the molecule is Cc1ccc(Cl)c(O)c1C(CC(=O)O)C1CC1. The lowest BCUT2D eigenvalue weighted by Crippen LogP contribution is -2.10. The summed E-state index contributed by atoms with van der Waals surface area (Å²) in [5.41, 5.74) is 1.62. The Labute approximate surface area is 105 Å². The molecule has 1 aliphatic rings. The topological polar surface area (TPSA) is 57.5 Å². The van der Waals surface area contributed by atoms with E-state index in [9.17, 15) is 9.90 Å². The van der Waals surface area contributed by atoms with Crippen LogP contribution in [-0.2, 0) is 4.79 Å². The second-order valence-electron chi connectivity index (χ2n) is 4.67. The van der Waals surface area contributed by atoms with Gasteiger partial charge in [-0.1, -0.05) is 17.7 Å². The molecule has 1 atom stereocenters. The van der Waals surface area contributed by atoms with Crippen LogP contribution in [0.25, 0.3) is 0 Å². The quantitative estimate of drug-likeness (QED) is 0.867. The van der Waals surface area contributed by atoms with Gasteiger partial charge in [0.05, 0.1) is 11.4 Å². The van der Waals surface area contributed by atoms with Gasteiger partial charge in [0.15, 0.2) is 0 Å². The van der Waals surface area contributed by atoms with Crippen molar-refractivity contribution in [1.82, 2.24) is 0 Å². The summed E-state index contributed by atoms with van der Waals surface area (Å²) < 4.78 is 0. The lowest BCUT2D eigenvalue weighted by atomic mass is 9.87. The van der Waals surface area contributed by atoms with E-state index in [4.69, 9.17) is 16.7 Å². The third kappa shape index (κ3) is 2.55. The Morgan fingerprint density at radius 2 is 2.18 bits per heavy atom. The first kappa shape index (κ1) is 12.2. The number of rotatable bonds is 4. The normalized spacial score (nSPS) is 16.8. The van der Waals surface area contributed by atoms with Crippen molar-refractivity contribution in [2.45, 2.75) is 32.1 Å². The fourth-order valence-electron chi connectivity index (χ4n) is 2.34. The van der Waals surface area contributed by atoms with Gasteiger partial charge in [-0.25, -0.2) is 0 Å². The summed E-state index contributed by atoms with van der Waals surface area (Å²) in [5.74, 6) is -0.536. The number of carboxylic acids is 1. The number of benzene rings is 1. The first-order valence-corrected chi connectivity index (χ1v) is 6.08. The van der Waals surface area contributed by atoms with Crippen LogP contribution < -0.4 is 0 Å². The highest BCUT2D eigenvalue weighted by molar-refractivity contribution is 6.32. The van der Waals surface area contributed by atoms with Crippen LogP contribution in [0.2, 0.25) is 5.02 Å². The number of phenolic OH excluding ortho intramolecular Hbond substituents is 1. The second-order valence-corrected chi connectivity index (χ2v) is 5.08. The summed E-state index contributed by atoms with van der Waals surface area (Å²) in [6.45, 7) is 1.88. The maximum absolute atomic E-state index is 10.9. The van der Waals surface area contributed by atoms with Gasteiger partial charge in [-0.05, 0) is 37.3 Å². The third-order valence-electron chi connectivity index (χ3n) is 3.34. The van der Waals surface area contributed by atoms with Crippen molar-refractivity contribution in [3.63, 3.8) is 0 Å². The van der Waals surface area contributed by atoms with Crippen LogP contribution in [0.4, 0.5) is 0 Å². The average molecular weight is 255 g/mol. The average Bonchev–Trinajstić information content (AvgIpc) is 3.06. The van der Waals surface area contributed by atoms with Crippen LogP contribution in [0.1, 0.15) is 36.3 Å². The Morgan fingerprint density at radius 3 is 2.71 bits per heavy atom. The fraction of sp³-hybridized carbons (Fsp3) is 0.462. The van der Waals surface area contributed by atoms with Gasteiger partial charge in [-0.3, -0.25) is 4.79 Å². The Kier molecular flexibility index (Phi) is 3.29. The van der Waals surface area contributed by atoms with Gasteiger partial charge < -0.3 is 10.2 Å². The van der Waals surface area contributed by atoms with E-state index in [1.807, 2.05) is 13.0 Å². The highest BCUT2D eigenvalue weighted by atomic mass is 35.5. The first-order chi connectivity index (χ1) is 8.00. The molecule has 0 spiro atoms. The number of carboxylic acid groups (broad SMARTS) is 1. The summed E-state index contributed by atoms with van der Waals surface area (Å²) >= 11 is 5.89. The molecule has 0 heterocycles. The van der Waals surface area contributed by atoms with E-state index in [0.717, 1.165) is 18.4 Å². The minimum absolute atomic E-state index is 0.0461. The van der Waals surface area contributed by atoms with Gasteiger partial charge in [0.1, 0.15) is 5.75 Å². The van der Waals surface area contributed by atoms with Crippen molar-refractivity contribution < 1.29 is 15.0 Å². The van der Waals surface area contributed by atoms with Crippen LogP contribution in [0.15, 0.2) is 12.1 Å². The molecule has 0 amide bonds. The van der Waals surface area contributed by atoms with Crippen LogP contribution in [0.5, 0.6) is 5.75 Å². The van der Waals surface area contributed by atoms with Gasteiger partial charge in [-0.15, -0.1) is 0 Å². The minimum atomic E-state index is -0.833. The molecule has 92 valence electrons. The van der Waals surface area contributed by atoms with Gasteiger partial charge >= 0.3 is 5.97 Å². The Balaban J connectivity index is 2.41. The van der Waals surface area contributed by atoms with E-state index in [1.165, 1.54) is 0 Å². The lowest BCUT2D eigenvalue weighted by molar-refractivity contribution is -0.137. The Bertz CT molecular complexity index is 452. The summed E-state index contributed by atoms with van der Waals surface area (Å²) in [7, 11) is 0. The smallest absolute Gasteiger partial charge is 0.303 e. The molecular formula is C13H15ClO3. The van der Waals surface area contributed by atoms with Crippen molar-refractivity contribution in [1.29, 1.82) is 0 Å². The van der Waals surface area contributed by atoms with E-state index >= 15 is 0 Å². The van der Waals surface area contributed by atoms with Crippen LogP contribution >= 0.6 is 11.6 Å². The monoisotopic (exact) mass is 254 g/mol. The number of hydrogen-bond acceptors (Lipinski definition) is 2. The molecule has 1 aromatic carbocycles. The van der Waals surface area contributed by atoms with E-state index in [0.29, 0.717) is 16.5 Å². The van der Waals surface area contributed by atoms with E-state index in [1.54, 1.807) is 6.07 Å². The molecule has 1 fully saturated rings. The zero-order valence-electron chi connectivity index (χ0n) is 9.61. The zero-order chi connectivity index (χ0) is 12.6. The number of halogens is 1. The third-order valence-corrected chi connectivity index (χ3v) is 3.65. The molecular weight excluding hydrogens is 240 g/mol. The van der Waals surface area contributed by atoms with Crippen molar-refractivity contribution in [2.24, 2.45) is 5.92 Å². The van der Waals surface area contributed by atoms with Crippen LogP contribution in [0, 0.1) is 12.8 Å². The molecule has 1 saturated carbocycles. The van der Waals surface area contributed by atoms with Gasteiger partial charge in [0.25, 0.3) is 0 Å². The molecule has 0 aromatic heterocycles. The van der Waals surface area contributed by atoms with Gasteiger partial charge in [-0.2, -0.15) is 0 Å². The number of carbonyl (C=O) groups is 1. The Morgan fingerprint density at radius 1 is 1.53 bits per heavy atom. The predicted molar refractivity (Wildman–Crippen MR) is 65.6 cm³/mol. The molecule has 0 aliphatic heterocycles. The molecule has 2 rings (SSSR count). The lowest BCUT2D eigenvalue weighted by Gasteiger charge is -2.19. The van der Waals surface area contributed by atoms with E-state index in [2.05, 4.69) is 0 Å². The van der Waals surface area contributed by atoms with Gasteiger partial charge in [0, 0.05) is 11.5 Å². The molecule has 2 N–H and O–H groups in total. The molecule has 17 heavy (non-hydrogen) atoms. The predicted octanol–water partition coefficient (Wildman–Crippen LogP) is 3.32. The molecule has 0 bridgehead atoms. The van der Waals surface area contributed by atoms with Crippen molar-refractivity contribution in [3.8, 4) is 5.75 Å². The number of aromatic hydroxyl groups is 1. The maximum atomic E-state index is 10.9. The molecule has 4 heteroatoms.